The number of rotatable bonds is 6. The number of hydrogen-bond acceptors (Lipinski definition) is 3. The molecule has 0 aliphatic carbocycles. The smallest absolute Gasteiger partial charge is 0.493 e. The molecule has 2 aliphatic heterocycles. The summed E-state index contributed by atoms with van der Waals surface area (Å²) in [4.78, 5) is 0. The molecule has 0 fully saturated rings. The topological polar surface area (TPSA) is 52.4 Å². The van der Waals surface area contributed by atoms with Crippen LogP contribution in [0.15, 0.2) is 40.5 Å². The first-order valence-electron chi connectivity index (χ1n) is 9.91. The Kier molecular flexibility index (Phi) is 5.66. The molecule has 1 aromatic heterocycles. The first-order valence-corrected chi connectivity index (χ1v) is 10.7. The molecule has 1 aromatic carbocycles. The fourth-order valence-electron chi connectivity index (χ4n) is 4.34. The van der Waals surface area contributed by atoms with Crippen LogP contribution in [0, 0.1) is 6.92 Å². The standard InChI is InChI=1S/C22H23BBrF2N3O2/c1-14-11-17(7-6-15-12-16(24)13-20(30-2)22(15)31-3)29-21(14)18(8-9-27)19-5-4-10-28(19)23(29,25)26/h4-7,10-13H,8-9,27H2,1-3H3/b7-6+. The van der Waals surface area contributed by atoms with Gasteiger partial charge in [0.2, 0.25) is 0 Å². The fraction of sp³-hybridized carbons (Fsp3) is 0.227. The molecule has 0 radical (unpaired) electrons. The summed E-state index contributed by atoms with van der Waals surface area (Å²) >= 11 is 3.45. The Bertz CT molecular complexity index is 1180. The Morgan fingerprint density at radius 1 is 1.19 bits per heavy atom. The van der Waals surface area contributed by atoms with Crippen LogP contribution < -0.4 is 15.2 Å². The van der Waals surface area contributed by atoms with Crippen LogP contribution >= 0.6 is 15.9 Å². The second-order valence-electron chi connectivity index (χ2n) is 7.44. The van der Waals surface area contributed by atoms with E-state index in [1.54, 1.807) is 50.7 Å². The number of methoxy groups -OCH3 is 2. The molecule has 0 saturated heterocycles. The van der Waals surface area contributed by atoms with E-state index in [4.69, 9.17) is 15.2 Å². The number of hydrogen-bond donors (Lipinski definition) is 1. The molecule has 5 nitrogen and oxygen atoms in total. The lowest BCUT2D eigenvalue weighted by atomic mass is 9.86. The van der Waals surface area contributed by atoms with E-state index in [1.165, 1.54) is 6.21 Å². The zero-order valence-corrected chi connectivity index (χ0v) is 19.1. The SMILES string of the molecule is COc1cc(Br)cc(/C=C/c2cc(C)c3n2[B-](F)(F)[N+]2=CC=CC2=C3CCN)c1OC. The normalized spacial score (nSPS) is 16.5. The lowest BCUT2D eigenvalue weighted by Gasteiger charge is -2.32. The summed E-state index contributed by atoms with van der Waals surface area (Å²) in [5.74, 6) is 1.08. The number of benzene rings is 1. The predicted molar refractivity (Wildman–Crippen MR) is 125 cm³/mol. The third-order valence-corrected chi connectivity index (χ3v) is 6.03. The zero-order valence-electron chi connectivity index (χ0n) is 17.5. The average Bonchev–Trinajstić information content (AvgIpc) is 3.35. The van der Waals surface area contributed by atoms with Crippen LogP contribution in [0.25, 0.3) is 17.7 Å². The van der Waals surface area contributed by atoms with Crippen molar-refractivity contribution in [1.82, 2.24) is 4.48 Å². The van der Waals surface area contributed by atoms with Crippen LogP contribution in [0.4, 0.5) is 8.63 Å². The van der Waals surface area contributed by atoms with Gasteiger partial charge in [0.1, 0.15) is 6.21 Å². The molecule has 0 saturated carbocycles. The number of aromatic nitrogens is 1. The Balaban J connectivity index is 1.88. The van der Waals surface area contributed by atoms with Gasteiger partial charge in [-0.25, -0.2) is 0 Å². The first kappa shape index (κ1) is 21.6. The van der Waals surface area contributed by atoms with E-state index in [1.807, 2.05) is 13.0 Å². The maximum atomic E-state index is 15.6. The van der Waals surface area contributed by atoms with Crippen molar-refractivity contribution >= 4 is 46.8 Å². The summed E-state index contributed by atoms with van der Waals surface area (Å²) in [6.07, 6.45) is 8.77. The average molecular weight is 490 g/mol. The van der Waals surface area contributed by atoms with E-state index in [9.17, 15) is 0 Å². The second kappa shape index (κ2) is 8.13. The summed E-state index contributed by atoms with van der Waals surface area (Å²) < 4.78 is 45.1. The van der Waals surface area contributed by atoms with E-state index in [0.717, 1.165) is 24.6 Å². The minimum atomic E-state index is -4.04. The zero-order chi connectivity index (χ0) is 22.3. The van der Waals surface area contributed by atoms with Gasteiger partial charge in [0, 0.05) is 39.1 Å². The summed E-state index contributed by atoms with van der Waals surface area (Å²) in [7, 11) is 3.10. The summed E-state index contributed by atoms with van der Waals surface area (Å²) in [6.45, 7) is -1.81. The number of fused-ring (bicyclic) bond motifs is 2. The molecule has 4 rings (SSSR count). The molecule has 0 spiro atoms. The van der Waals surface area contributed by atoms with Crippen LogP contribution in [-0.2, 0) is 0 Å². The van der Waals surface area contributed by atoms with Gasteiger partial charge in [-0.05, 0) is 55.8 Å². The second-order valence-corrected chi connectivity index (χ2v) is 8.36. The van der Waals surface area contributed by atoms with Crippen molar-refractivity contribution in [3.8, 4) is 11.5 Å². The monoisotopic (exact) mass is 489 g/mol. The molecule has 0 bridgehead atoms. The van der Waals surface area contributed by atoms with Crippen molar-refractivity contribution in [2.24, 2.45) is 5.73 Å². The molecule has 31 heavy (non-hydrogen) atoms. The number of ether oxygens (including phenoxy) is 2. The summed E-state index contributed by atoms with van der Waals surface area (Å²) in [5.41, 5.74) is 9.62. The third kappa shape index (κ3) is 3.45. The highest BCUT2D eigenvalue weighted by molar-refractivity contribution is 9.10. The molecule has 0 amide bonds. The Labute approximate surface area is 188 Å². The van der Waals surface area contributed by atoms with Gasteiger partial charge in [-0.15, -0.1) is 0 Å². The maximum Gasteiger partial charge on any atom is 0.737 e. The minimum Gasteiger partial charge on any atom is -0.493 e. The molecule has 2 aromatic rings. The molecule has 162 valence electrons. The minimum absolute atomic E-state index is 0.379. The molecular formula is C22H23BBrF2N3O2. The van der Waals surface area contributed by atoms with Gasteiger partial charge < -0.3 is 32.8 Å². The van der Waals surface area contributed by atoms with E-state index in [-0.39, 0.29) is 0 Å². The van der Waals surface area contributed by atoms with Gasteiger partial charge in [0.15, 0.2) is 17.2 Å². The molecule has 2 N–H and O–H groups in total. The van der Waals surface area contributed by atoms with Crippen molar-refractivity contribution in [3.05, 3.63) is 63.0 Å². The predicted octanol–water partition coefficient (Wildman–Crippen LogP) is 4.70. The molecular weight excluding hydrogens is 467 g/mol. The van der Waals surface area contributed by atoms with Crippen LogP contribution in [0.2, 0.25) is 0 Å². The maximum absolute atomic E-state index is 15.6. The van der Waals surface area contributed by atoms with Crippen molar-refractivity contribution < 1.29 is 22.6 Å². The highest BCUT2D eigenvalue weighted by Crippen LogP contribution is 2.41. The van der Waals surface area contributed by atoms with Gasteiger partial charge in [0.05, 0.1) is 14.2 Å². The molecule has 0 atom stereocenters. The van der Waals surface area contributed by atoms with E-state index < -0.39 is 6.97 Å². The van der Waals surface area contributed by atoms with Crippen LogP contribution in [0.1, 0.15) is 28.9 Å². The highest BCUT2D eigenvalue weighted by Gasteiger charge is 2.52. The Morgan fingerprint density at radius 3 is 2.65 bits per heavy atom. The van der Waals surface area contributed by atoms with Gasteiger partial charge in [-0.3, -0.25) is 0 Å². The fourth-order valence-corrected chi connectivity index (χ4v) is 4.79. The van der Waals surface area contributed by atoms with E-state index in [2.05, 4.69) is 15.9 Å². The lowest BCUT2D eigenvalue weighted by Crippen LogP contribution is -2.50. The summed E-state index contributed by atoms with van der Waals surface area (Å²) in [5, 5.41) is 0. The Morgan fingerprint density at radius 2 is 1.97 bits per heavy atom. The highest BCUT2D eigenvalue weighted by atomic mass is 79.9. The molecule has 3 heterocycles. The first-order chi connectivity index (χ1) is 14.8. The van der Waals surface area contributed by atoms with Gasteiger partial charge in [0.25, 0.3) is 0 Å². The van der Waals surface area contributed by atoms with E-state index >= 15 is 8.63 Å². The molecule has 9 heteroatoms. The van der Waals surface area contributed by atoms with E-state index in [0.29, 0.717) is 47.1 Å². The van der Waals surface area contributed by atoms with Crippen LogP contribution in [-0.4, -0.2) is 42.9 Å². The van der Waals surface area contributed by atoms with Gasteiger partial charge >= 0.3 is 6.97 Å². The Hall–Kier alpha value is -2.65. The summed E-state index contributed by atoms with van der Waals surface area (Å²) in [6, 6.07) is 5.43. The van der Waals surface area contributed by atoms with Gasteiger partial charge in [-0.2, -0.15) is 0 Å². The number of allylic oxidation sites excluding steroid dienone is 2. The van der Waals surface area contributed by atoms with Gasteiger partial charge in [-0.1, -0.05) is 15.9 Å². The van der Waals surface area contributed by atoms with Crippen molar-refractivity contribution in [1.29, 1.82) is 0 Å². The third-order valence-electron chi connectivity index (χ3n) is 5.58. The van der Waals surface area contributed by atoms with Crippen molar-refractivity contribution in [2.75, 3.05) is 20.8 Å². The lowest BCUT2D eigenvalue weighted by molar-refractivity contribution is -0.356. The molecule has 2 aliphatic rings. The number of aryl methyl sites for hydroxylation is 1. The molecule has 0 unspecified atom stereocenters. The quantitative estimate of drug-likeness (QED) is 0.598. The largest absolute Gasteiger partial charge is 0.737 e. The number of halogens is 3. The van der Waals surface area contributed by atoms with Crippen molar-refractivity contribution in [3.63, 3.8) is 0 Å². The van der Waals surface area contributed by atoms with Crippen LogP contribution in [0.3, 0.4) is 0 Å². The van der Waals surface area contributed by atoms with Crippen molar-refractivity contribution in [2.45, 2.75) is 13.3 Å². The number of nitrogens with zero attached hydrogens (tertiary/aromatic N) is 2. The van der Waals surface area contributed by atoms with Crippen LogP contribution in [0.5, 0.6) is 11.5 Å². The number of nitrogens with two attached hydrogens (primary N) is 1.